The molecule has 0 radical (unpaired) electrons. The number of rotatable bonds is 1. The molecule has 3 heteroatoms. The number of aliphatic hydroxyl groups excluding tert-OH is 1. The van der Waals surface area contributed by atoms with E-state index in [1.165, 1.54) is 32.1 Å². The second kappa shape index (κ2) is 7.36. The van der Waals surface area contributed by atoms with Crippen molar-refractivity contribution in [1.82, 2.24) is 0 Å². The summed E-state index contributed by atoms with van der Waals surface area (Å²) < 4.78 is 5.29. The van der Waals surface area contributed by atoms with Gasteiger partial charge in [-0.3, -0.25) is 4.79 Å². The number of hydrogen-bond donors (Lipinski definition) is 1. The first-order chi connectivity index (χ1) is 15.7. The molecule has 0 aromatic heterocycles. The van der Waals surface area contributed by atoms with Crippen molar-refractivity contribution in [3.8, 4) is 0 Å². The normalized spacial score (nSPS) is 54.0. The van der Waals surface area contributed by atoms with Crippen molar-refractivity contribution in [3.63, 3.8) is 0 Å². The van der Waals surface area contributed by atoms with E-state index in [-0.39, 0.29) is 39.1 Å². The second-order valence-corrected chi connectivity index (χ2v) is 15.1. The van der Waals surface area contributed by atoms with Crippen molar-refractivity contribution in [2.45, 2.75) is 119 Å². The molecule has 192 valence electrons. The number of ether oxygens (including phenoxy) is 1. The van der Waals surface area contributed by atoms with E-state index in [0.29, 0.717) is 23.2 Å². The fraction of sp³-hybridized carbons (Fsp3) is 0.903. The van der Waals surface area contributed by atoms with Crippen LogP contribution in [0.2, 0.25) is 0 Å². The molecule has 0 aromatic carbocycles. The lowest BCUT2D eigenvalue weighted by Gasteiger charge is -2.71. The Balaban J connectivity index is 1.56. The average Bonchev–Trinajstić information content (AvgIpc) is 2.77. The van der Waals surface area contributed by atoms with Gasteiger partial charge in [-0.25, -0.2) is 0 Å². The lowest BCUT2D eigenvalue weighted by Crippen LogP contribution is -2.64. The molecule has 3 nitrogen and oxygen atoms in total. The van der Waals surface area contributed by atoms with Gasteiger partial charge in [-0.1, -0.05) is 53.2 Å². The molecular formula is C31H50O3. The standard InChI is InChI=1S/C31H50O3/c1-26(2)22-11-14-31(7)23(29(22,5)13-12-24(26)32)10-9-20-21-19-28(4,25(33)34-8)16-15-27(21,3)17-18-30(20,31)6/h9,21-24,32H,10-19H2,1-8H3/t21-,22-,23-,24+,27-,28+,29-,30+,31-/m1/s1. The van der Waals surface area contributed by atoms with Gasteiger partial charge in [0.15, 0.2) is 0 Å². The highest BCUT2D eigenvalue weighted by Crippen LogP contribution is 2.75. The lowest BCUT2D eigenvalue weighted by atomic mass is 9.33. The van der Waals surface area contributed by atoms with Crippen molar-refractivity contribution >= 4 is 5.97 Å². The quantitative estimate of drug-likeness (QED) is 0.322. The number of allylic oxidation sites excluding steroid dienone is 2. The van der Waals surface area contributed by atoms with Crippen LogP contribution in [0.1, 0.15) is 113 Å². The molecule has 5 rings (SSSR count). The van der Waals surface area contributed by atoms with Gasteiger partial charge in [-0.15, -0.1) is 0 Å². The Morgan fingerprint density at radius 1 is 0.912 bits per heavy atom. The minimum Gasteiger partial charge on any atom is -0.469 e. The van der Waals surface area contributed by atoms with Gasteiger partial charge in [-0.2, -0.15) is 0 Å². The third-order valence-electron chi connectivity index (χ3n) is 13.5. The predicted octanol–water partition coefficient (Wildman–Crippen LogP) is 7.32. The van der Waals surface area contributed by atoms with Crippen LogP contribution >= 0.6 is 0 Å². The molecule has 4 fully saturated rings. The molecule has 34 heavy (non-hydrogen) atoms. The summed E-state index contributed by atoms with van der Waals surface area (Å²) in [6, 6.07) is 0. The van der Waals surface area contributed by atoms with E-state index in [0.717, 1.165) is 32.1 Å². The van der Waals surface area contributed by atoms with Crippen LogP contribution in [-0.2, 0) is 9.53 Å². The van der Waals surface area contributed by atoms with E-state index >= 15 is 0 Å². The molecule has 0 unspecified atom stereocenters. The molecule has 0 spiro atoms. The molecule has 0 amide bonds. The van der Waals surface area contributed by atoms with Gasteiger partial charge in [0, 0.05) is 0 Å². The predicted molar refractivity (Wildman–Crippen MR) is 137 cm³/mol. The van der Waals surface area contributed by atoms with Crippen molar-refractivity contribution < 1.29 is 14.6 Å². The number of carbonyl (C=O) groups excluding carboxylic acids is 1. The lowest BCUT2D eigenvalue weighted by molar-refractivity contribution is -0.203. The van der Waals surface area contributed by atoms with E-state index in [9.17, 15) is 9.90 Å². The molecule has 0 heterocycles. The van der Waals surface area contributed by atoms with Crippen LogP contribution < -0.4 is 0 Å². The van der Waals surface area contributed by atoms with Crippen LogP contribution in [0.3, 0.4) is 0 Å². The first-order valence-electron chi connectivity index (χ1n) is 14.2. The molecule has 0 aliphatic heterocycles. The Morgan fingerprint density at radius 3 is 2.26 bits per heavy atom. The van der Waals surface area contributed by atoms with Crippen molar-refractivity contribution in [3.05, 3.63) is 11.6 Å². The zero-order valence-corrected chi connectivity index (χ0v) is 23.2. The summed E-state index contributed by atoms with van der Waals surface area (Å²) in [6.07, 6.45) is 13.8. The number of hydrogen-bond acceptors (Lipinski definition) is 3. The summed E-state index contributed by atoms with van der Waals surface area (Å²) in [5.41, 5.74) is 2.39. The fourth-order valence-electron chi connectivity index (χ4n) is 10.8. The largest absolute Gasteiger partial charge is 0.469 e. The van der Waals surface area contributed by atoms with Crippen LogP contribution in [0.5, 0.6) is 0 Å². The molecule has 1 N–H and O–H groups in total. The van der Waals surface area contributed by atoms with Crippen LogP contribution in [-0.4, -0.2) is 24.3 Å². The third-order valence-corrected chi connectivity index (χ3v) is 13.5. The molecule has 9 atom stereocenters. The molecule has 0 saturated heterocycles. The van der Waals surface area contributed by atoms with Crippen LogP contribution in [0.15, 0.2) is 11.6 Å². The Morgan fingerprint density at radius 2 is 1.59 bits per heavy atom. The molecule has 5 aliphatic rings. The number of fused-ring (bicyclic) bond motifs is 7. The zero-order chi connectivity index (χ0) is 24.9. The van der Waals surface area contributed by atoms with Crippen molar-refractivity contribution in [2.24, 2.45) is 50.2 Å². The highest BCUT2D eigenvalue weighted by atomic mass is 16.5. The van der Waals surface area contributed by atoms with Gasteiger partial charge in [0.25, 0.3) is 0 Å². The smallest absolute Gasteiger partial charge is 0.311 e. The monoisotopic (exact) mass is 470 g/mol. The summed E-state index contributed by atoms with van der Waals surface area (Å²) in [5, 5.41) is 10.9. The maximum Gasteiger partial charge on any atom is 0.311 e. The number of esters is 1. The molecule has 5 aliphatic carbocycles. The number of aliphatic hydroxyl groups is 1. The Bertz CT molecular complexity index is 904. The summed E-state index contributed by atoms with van der Waals surface area (Å²) in [7, 11) is 1.56. The molecule has 0 bridgehead atoms. The van der Waals surface area contributed by atoms with Crippen molar-refractivity contribution in [2.75, 3.05) is 7.11 Å². The zero-order valence-electron chi connectivity index (χ0n) is 23.2. The van der Waals surface area contributed by atoms with Gasteiger partial charge in [0.1, 0.15) is 0 Å². The summed E-state index contributed by atoms with van der Waals surface area (Å²) in [5.74, 6) is 1.72. The first kappa shape index (κ1) is 24.8. The highest BCUT2D eigenvalue weighted by Gasteiger charge is 2.68. The topological polar surface area (TPSA) is 46.5 Å². The van der Waals surface area contributed by atoms with Crippen molar-refractivity contribution in [1.29, 1.82) is 0 Å². The molecule has 4 saturated carbocycles. The van der Waals surface area contributed by atoms with Crippen LogP contribution in [0.4, 0.5) is 0 Å². The summed E-state index contributed by atoms with van der Waals surface area (Å²) in [4.78, 5) is 12.8. The van der Waals surface area contributed by atoms with Crippen LogP contribution in [0.25, 0.3) is 0 Å². The third kappa shape index (κ3) is 2.94. The maximum absolute atomic E-state index is 12.8. The summed E-state index contributed by atoms with van der Waals surface area (Å²) >= 11 is 0. The average molecular weight is 471 g/mol. The van der Waals surface area contributed by atoms with Gasteiger partial charge in [0.2, 0.25) is 0 Å². The molecular weight excluding hydrogens is 420 g/mol. The second-order valence-electron chi connectivity index (χ2n) is 15.1. The number of methoxy groups -OCH3 is 1. The highest BCUT2D eigenvalue weighted by molar-refractivity contribution is 5.76. The number of carbonyl (C=O) groups is 1. The summed E-state index contributed by atoms with van der Waals surface area (Å²) in [6.45, 7) is 17.1. The van der Waals surface area contributed by atoms with E-state index in [1.54, 1.807) is 12.7 Å². The van der Waals surface area contributed by atoms with E-state index in [1.807, 2.05) is 0 Å². The maximum atomic E-state index is 12.8. The Hall–Kier alpha value is -0.830. The van der Waals surface area contributed by atoms with E-state index < -0.39 is 0 Å². The fourth-order valence-corrected chi connectivity index (χ4v) is 10.8. The minimum absolute atomic E-state index is 0.00391. The molecule has 0 aromatic rings. The van der Waals surface area contributed by atoms with Crippen LogP contribution in [0, 0.1) is 50.2 Å². The van der Waals surface area contributed by atoms with Gasteiger partial charge >= 0.3 is 5.97 Å². The Kier molecular flexibility index (Phi) is 5.38. The SMILES string of the molecule is COC(=O)[C@@]1(C)CC[C@]2(C)CC[C@@]3(C)C(=CC[C@@H]4[C@]5(C)CC[C@H](O)C(C)(C)[C@H]5CC[C@]43C)[C@H]2C1. The van der Waals surface area contributed by atoms with E-state index in [4.69, 9.17) is 4.74 Å². The van der Waals surface area contributed by atoms with E-state index in [2.05, 4.69) is 54.5 Å². The minimum atomic E-state index is -0.358. The van der Waals surface area contributed by atoms with Gasteiger partial charge < -0.3 is 9.84 Å². The first-order valence-corrected chi connectivity index (χ1v) is 14.2. The Labute approximate surface area is 208 Å². The van der Waals surface area contributed by atoms with Gasteiger partial charge in [0.05, 0.1) is 18.6 Å². The van der Waals surface area contributed by atoms with Gasteiger partial charge in [-0.05, 0) is 116 Å².